The molecule has 1 fully saturated rings. The van der Waals surface area contributed by atoms with E-state index in [4.69, 9.17) is 0 Å². The van der Waals surface area contributed by atoms with E-state index in [2.05, 4.69) is 50.8 Å². The van der Waals surface area contributed by atoms with Crippen LogP contribution in [0, 0.1) is 0 Å². The molecule has 0 radical (unpaired) electrons. The Labute approximate surface area is 118 Å². The van der Waals surface area contributed by atoms with Gasteiger partial charge in [-0.05, 0) is 54.0 Å². The molecule has 1 saturated heterocycles. The van der Waals surface area contributed by atoms with Crippen molar-refractivity contribution in [2.75, 3.05) is 26.7 Å². The number of pyridine rings is 1. The summed E-state index contributed by atoms with van der Waals surface area (Å²) < 4.78 is 1.07. The summed E-state index contributed by atoms with van der Waals surface area (Å²) in [7, 11) is 2.23. The third-order valence-electron chi connectivity index (χ3n) is 3.64. The van der Waals surface area contributed by atoms with E-state index in [1.54, 1.807) is 0 Å². The van der Waals surface area contributed by atoms with Gasteiger partial charge in [0.15, 0.2) is 0 Å². The molecule has 0 aliphatic carbocycles. The molecule has 18 heavy (non-hydrogen) atoms. The van der Waals surface area contributed by atoms with E-state index >= 15 is 0 Å². The Bertz CT molecular complexity index is 383. The van der Waals surface area contributed by atoms with Gasteiger partial charge in [-0.25, -0.2) is 0 Å². The Hall–Kier alpha value is -0.450. The second-order valence-corrected chi connectivity index (χ2v) is 6.08. The average molecular weight is 312 g/mol. The van der Waals surface area contributed by atoms with Gasteiger partial charge in [0.25, 0.3) is 0 Å². The molecule has 1 unspecified atom stereocenters. The standard InChI is InChI=1S/C14H22BrN3/c1-3-14-11-17(2)5-4-6-18(14)10-12-7-13(15)9-16-8-12/h7-9,14H,3-6,10-11H2,1-2H3. The van der Waals surface area contributed by atoms with E-state index in [1.165, 1.54) is 38.0 Å². The van der Waals surface area contributed by atoms with Crippen LogP contribution in [0.4, 0.5) is 0 Å². The molecule has 0 aromatic carbocycles. The fraction of sp³-hybridized carbons (Fsp3) is 0.643. The molecule has 0 N–H and O–H groups in total. The van der Waals surface area contributed by atoms with E-state index in [-0.39, 0.29) is 0 Å². The summed E-state index contributed by atoms with van der Waals surface area (Å²) in [5, 5.41) is 0. The van der Waals surface area contributed by atoms with Crippen molar-refractivity contribution in [3.05, 3.63) is 28.5 Å². The van der Waals surface area contributed by atoms with Crippen molar-refractivity contribution in [1.82, 2.24) is 14.8 Å². The van der Waals surface area contributed by atoms with Gasteiger partial charge in [0.05, 0.1) is 0 Å². The highest BCUT2D eigenvalue weighted by atomic mass is 79.9. The van der Waals surface area contributed by atoms with E-state index in [1.807, 2.05) is 12.4 Å². The first kappa shape index (κ1) is 14.0. The average Bonchev–Trinajstić information content (AvgIpc) is 2.51. The Balaban J connectivity index is 2.06. The molecule has 0 bridgehead atoms. The smallest absolute Gasteiger partial charge is 0.0410 e. The molecule has 4 heteroatoms. The van der Waals surface area contributed by atoms with Gasteiger partial charge in [0.1, 0.15) is 0 Å². The van der Waals surface area contributed by atoms with Gasteiger partial charge in [-0.15, -0.1) is 0 Å². The Morgan fingerprint density at radius 3 is 2.94 bits per heavy atom. The molecule has 0 spiro atoms. The molecular formula is C14H22BrN3. The van der Waals surface area contributed by atoms with E-state index in [0.29, 0.717) is 6.04 Å². The second kappa shape index (κ2) is 6.64. The van der Waals surface area contributed by atoms with Crippen molar-refractivity contribution in [1.29, 1.82) is 0 Å². The van der Waals surface area contributed by atoms with Crippen LogP contribution in [0.25, 0.3) is 0 Å². The predicted octanol–water partition coefficient (Wildman–Crippen LogP) is 2.76. The lowest BCUT2D eigenvalue weighted by Crippen LogP contribution is -2.39. The maximum absolute atomic E-state index is 4.26. The number of rotatable bonds is 3. The largest absolute Gasteiger partial charge is 0.305 e. The van der Waals surface area contributed by atoms with E-state index in [9.17, 15) is 0 Å². The summed E-state index contributed by atoms with van der Waals surface area (Å²) in [6.07, 6.45) is 6.29. The number of hydrogen-bond acceptors (Lipinski definition) is 3. The molecule has 0 saturated carbocycles. The first-order valence-corrected chi connectivity index (χ1v) is 7.50. The van der Waals surface area contributed by atoms with E-state index in [0.717, 1.165) is 11.0 Å². The summed E-state index contributed by atoms with van der Waals surface area (Å²) in [6.45, 7) is 6.88. The lowest BCUT2D eigenvalue weighted by molar-refractivity contribution is 0.176. The van der Waals surface area contributed by atoms with Crippen molar-refractivity contribution in [3.63, 3.8) is 0 Å². The molecule has 1 atom stereocenters. The number of halogens is 1. The van der Waals surface area contributed by atoms with Gasteiger partial charge in [-0.1, -0.05) is 6.92 Å². The maximum Gasteiger partial charge on any atom is 0.0410 e. The van der Waals surface area contributed by atoms with Crippen LogP contribution in [-0.4, -0.2) is 47.5 Å². The normalized spacial score (nSPS) is 22.9. The van der Waals surface area contributed by atoms with Gasteiger partial charge >= 0.3 is 0 Å². The Morgan fingerprint density at radius 1 is 1.39 bits per heavy atom. The molecule has 1 aliphatic heterocycles. The van der Waals surface area contributed by atoms with Gasteiger partial charge in [0, 0.05) is 42.5 Å². The molecular weight excluding hydrogens is 290 g/mol. The fourth-order valence-electron chi connectivity index (χ4n) is 2.67. The van der Waals surface area contributed by atoms with Gasteiger partial charge in [0.2, 0.25) is 0 Å². The predicted molar refractivity (Wildman–Crippen MR) is 78.5 cm³/mol. The van der Waals surface area contributed by atoms with Crippen LogP contribution in [0.5, 0.6) is 0 Å². The fourth-order valence-corrected chi connectivity index (χ4v) is 3.08. The third-order valence-corrected chi connectivity index (χ3v) is 4.08. The molecule has 2 rings (SSSR count). The zero-order valence-electron chi connectivity index (χ0n) is 11.3. The monoisotopic (exact) mass is 311 g/mol. The summed E-state index contributed by atoms with van der Waals surface area (Å²) in [5.41, 5.74) is 1.30. The van der Waals surface area contributed by atoms with Gasteiger partial charge in [-0.2, -0.15) is 0 Å². The summed E-state index contributed by atoms with van der Waals surface area (Å²) >= 11 is 3.49. The molecule has 0 amide bonds. The highest BCUT2D eigenvalue weighted by molar-refractivity contribution is 9.10. The summed E-state index contributed by atoms with van der Waals surface area (Å²) in [6, 6.07) is 2.84. The van der Waals surface area contributed by atoms with Crippen LogP contribution in [0.1, 0.15) is 25.3 Å². The topological polar surface area (TPSA) is 19.4 Å². The Morgan fingerprint density at radius 2 is 2.22 bits per heavy atom. The summed E-state index contributed by atoms with van der Waals surface area (Å²) in [5.74, 6) is 0. The number of likely N-dealkylation sites (N-methyl/N-ethyl adjacent to an activating group) is 1. The highest BCUT2D eigenvalue weighted by Crippen LogP contribution is 2.17. The first-order chi connectivity index (χ1) is 8.69. The molecule has 1 aromatic rings. The molecule has 2 heterocycles. The van der Waals surface area contributed by atoms with Crippen LogP contribution in [0.15, 0.2) is 22.9 Å². The van der Waals surface area contributed by atoms with Crippen LogP contribution in [-0.2, 0) is 6.54 Å². The van der Waals surface area contributed by atoms with Crippen molar-refractivity contribution in [2.24, 2.45) is 0 Å². The van der Waals surface area contributed by atoms with Gasteiger partial charge < -0.3 is 4.90 Å². The minimum atomic E-state index is 0.663. The van der Waals surface area contributed by atoms with Gasteiger partial charge in [-0.3, -0.25) is 9.88 Å². The molecule has 100 valence electrons. The van der Waals surface area contributed by atoms with Crippen LogP contribution >= 0.6 is 15.9 Å². The maximum atomic E-state index is 4.26. The minimum Gasteiger partial charge on any atom is -0.305 e. The molecule has 3 nitrogen and oxygen atoms in total. The molecule has 1 aliphatic rings. The third kappa shape index (κ3) is 3.77. The van der Waals surface area contributed by atoms with Crippen molar-refractivity contribution in [3.8, 4) is 0 Å². The Kier molecular flexibility index (Phi) is 5.15. The lowest BCUT2D eigenvalue weighted by atomic mass is 10.1. The number of aromatic nitrogens is 1. The quantitative estimate of drug-likeness (QED) is 0.855. The second-order valence-electron chi connectivity index (χ2n) is 5.16. The number of nitrogens with zero attached hydrogens (tertiary/aromatic N) is 3. The highest BCUT2D eigenvalue weighted by Gasteiger charge is 2.21. The lowest BCUT2D eigenvalue weighted by Gasteiger charge is -2.30. The zero-order chi connectivity index (χ0) is 13.0. The molecule has 1 aromatic heterocycles. The van der Waals surface area contributed by atoms with Crippen LogP contribution in [0.3, 0.4) is 0 Å². The summed E-state index contributed by atoms with van der Waals surface area (Å²) in [4.78, 5) is 9.31. The SMILES string of the molecule is CCC1CN(C)CCCN1Cc1cncc(Br)c1. The van der Waals surface area contributed by atoms with Crippen molar-refractivity contribution < 1.29 is 0 Å². The zero-order valence-corrected chi connectivity index (χ0v) is 12.9. The number of hydrogen-bond donors (Lipinski definition) is 0. The van der Waals surface area contributed by atoms with Crippen LogP contribution in [0.2, 0.25) is 0 Å². The van der Waals surface area contributed by atoms with Crippen LogP contribution < -0.4 is 0 Å². The first-order valence-electron chi connectivity index (χ1n) is 6.71. The minimum absolute atomic E-state index is 0.663. The van der Waals surface area contributed by atoms with Crippen molar-refractivity contribution >= 4 is 15.9 Å². The van der Waals surface area contributed by atoms with Crippen molar-refractivity contribution in [2.45, 2.75) is 32.4 Å². The van der Waals surface area contributed by atoms with E-state index < -0.39 is 0 Å².